The van der Waals surface area contributed by atoms with Crippen molar-refractivity contribution in [2.45, 2.75) is 56.4 Å². The Hall–Kier alpha value is -1.85. The van der Waals surface area contributed by atoms with Crippen molar-refractivity contribution < 1.29 is 19.2 Å². The molecule has 2 aliphatic rings. The van der Waals surface area contributed by atoms with Crippen molar-refractivity contribution in [3.8, 4) is 0 Å². The van der Waals surface area contributed by atoms with Crippen LogP contribution in [0.2, 0.25) is 0 Å². The number of carboxylic acid groups (broad SMARTS) is 1. The number of hydrogen-bond donors (Lipinski definition) is 2. The van der Waals surface area contributed by atoms with E-state index in [1.165, 1.54) is 0 Å². The van der Waals surface area contributed by atoms with E-state index in [1.54, 1.807) is 6.07 Å². The molecule has 2 N–H and O–H groups in total. The molecule has 0 radical (unpaired) electrons. The minimum absolute atomic E-state index is 0.109. The lowest BCUT2D eigenvalue weighted by Crippen LogP contribution is -2.55. The Balaban J connectivity index is 1.73. The van der Waals surface area contributed by atoms with Gasteiger partial charge in [-0.3, -0.25) is 4.79 Å². The SMILES string of the molecule is O=C(NC1(C(=O)O)CCCCC1)c1cc(C2CC2)no1. The third kappa shape index (κ3) is 2.42. The fourth-order valence-corrected chi connectivity index (χ4v) is 2.79. The fourth-order valence-electron chi connectivity index (χ4n) is 2.79. The van der Waals surface area contributed by atoms with Crippen molar-refractivity contribution in [3.05, 3.63) is 17.5 Å². The van der Waals surface area contributed by atoms with Crippen molar-refractivity contribution in [2.24, 2.45) is 0 Å². The summed E-state index contributed by atoms with van der Waals surface area (Å²) < 4.78 is 5.04. The summed E-state index contributed by atoms with van der Waals surface area (Å²) in [7, 11) is 0. The Bertz CT molecular complexity index is 527. The van der Waals surface area contributed by atoms with Gasteiger partial charge in [0.15, 0.2) is 0 Å². The number of nitrogens with zero attached hydrogens (tertiary/aromatic N) is 1. The molecular weight excluding hydrogens is 260 g/mol. The summed E-state index contributed by atoms with van der Waals surface area (Å²) >= 11 is 0. The molecule has 0 aromatic carbocycles. The van der Waals surface area contributed by atoms with Crippen molar-refractivity contribution in [2.75, 3.05) is 0 Å². The summed E-state index contributed by atoms with van der Waals surface area (Å²) in [5.74, 6) is -0.928. The first-order valence-corrected chi connectivity index (χ1v) is 7.13. The normalized spacial score (nSPS) is 21.4. The zero-order chi connectivity index (χ0) is 14.2. The van der Waals surface area contributed by atoms with Gasteiger partial charge in [-0.25, -0.2) is 4.79 Å². The summed E-state index contributed by atoms with van der Waals surface area (Å²) in [6.07, 6.45) is 5.74. The molecule has 1 heterocycles. The van der Waals surface area contributed by atoms with Crippen LogP contribution in [0, 0.1) is 0 Å². The standard InChI is InChI=1S/C14H18N2O4/c17-12(11-8-10(16-20-11)9-4-5-9)15-14(13(18)19)6-2-1-3-7-14/h8-9H,1-7H2,(H,15,17)(H,18,19). The van der Waals surface area contributed by atoms with Crippen molar-refractivity contribution in [1.82, 2.24) is 10.5 Å². The first kappa shape index (κ1) is 13.1. The molecule has 6 nitrogen and oxygen atoms in total. The number of carboxylic acids is 1. The van der Waals surface area contributed by atoms with Crippen LogP contribution in [0.4, 0.5) is 0 Å². The summed E-state index contributed by atoms with van der Waals surface area (Å²) in [5, 5.41) is 16.0. The summed E-state index contributed by atoms with van der Waals surface area (Å²) in [5.41, 5.74) is -0.356. The second kappa shape index (κ2) is 4.92. The Morgan fingerprint density at radius 3 is 2.60 bits per heavy atom. The number of amides is 1. The van der Waals surface area contributed by atoms with Gasteiger partial charge in [0.2, 0.25) is 5.76 Å². The molecule has 2 saturated carbocycles. The van der Waals surface area contributed by atoms with Crippen LogP contribution in [0.5, 0.6) is 0 Å². The van der Waals surface area contributed by atoms with E-state index in [9.17, 15) is 14.7 Å². The Morgan fingerprint density at radius 2 is 2.00 bits per heavy atom. The highest BCUT2D eigenvalue weighted by Crippen LogP contribution is 2.39. The van der Waals surface area contributed by atoms with Gasteiger partial charge in [-0.15, -0.1) is 0 Å². The van der Waals surface area contributed by atoms with E-state index in [0.717, 1.165) is 37.8 Å². The zero-order valence-corrected chi connectivity index (χ0v) is 11.2. The highest BCUT2D eigenvalue weighted by Gasteiger charge is 2.42. The second-order valence-electron chi connectivity index (χ2n) is 5.79. The molecular formula is C14H18N2O4. The van der Waals surface area contributed by atoms with Crippen LogP contribution < -0.4 is 5.32 Å². The van der Waals surface area contributed by atoms with E-state index in [1.807, 2.05) is 0 Å². The smallest absolute Gasteiger partial charge is 0.329 e. The van der Waals surface area contributed by atoms with Gasteiger partial charge in [0.1, 0.15) is 5.54 Å². The highest BCUT2D eigenvalue weighted by molar-refractivity contribution is 5.95. The molecule has 0 unspecified atom stereocenters. The molecule has 0 atom stereocenters. The third-order valence-corrected chi connectivity index (χ3v) is 4.22. The average molecular weight is 278 g/mol. The van der Waals surface area contributed by atoms with E-state index in [2.05, 4.69) is 10.5 Å². The second-order valence-corrected chi connectivity index (χ2v) is 5.79. The summed E-state index contributed by atoms with van der Waals surface area (Å²) in [6, 6.07) is 1.63. The third-order valence-electron chi connectivity index (χ3n) is 4.22. The van der Waals surface area contributed by atoms with Gasteiger partial charge in [-0.05, 0) is 25.7 Å². The van der Waals surface area contributed by atoms with Crippen LogP contribution >= 0.6 is 0 Å². The van der Waals surface area contributed by atoms with Gasteiger partial charge in [0.05, 0.1) is 5.69 Å². The van der Waals surface area contributed by atoms with Gasteiger partial charge in [0.25, 0.3) is 5.91 Å². The molecule has 108 valence electrons. The highest BCUT2D eigenvalue weighted by atomic mass is 16.5. The number of carbonyl (C=O) groups is 2. The van der Waals surface area contributed by atoms with Gasteiger partial charge < -0.3 is 14.9 Å². The molecule has 3 rings (SSSR count). The maximum atomic E-state index is 12.2. The van der Waals surface area contributed by atoms with Crippen LogP contribution in [0.3, 0.4) is 0 Å². The maximum absolute atomic E-state index is 12.2. The van der Waals surface area contributed by atoms with Gasteiger partial charge >= 0.3 is 5.97 Å². The molecule has 6 heteroatoms. The molecule has 2 fully saturated rings. The van der Waals surface area contributed by atoms with E-state index >= 15 is 0 Å². The molecule has 0 aliphatic heterocycles. The van der Waals surface area contributed by atoms with E-state index in [0.29, 0.717) is 18.8 Å². The topological polar surface area (TPSA) is 92.4 Å². The number of nitrogens with one attached hydrogen (secondary N) is 1. The Labute approximate surface area is 116 Å². The number of carbonyl (C=O) groups excluding carboxylic acids is 1. The predicted molar refractivity (Wildman–Crippen MR) is 69.4 cm³/mol. The number of aromatic nitrogens is 1. The predicted octanol–water partition coefficient (Wildman–Crippen LogP) is 2.07. The van der Waals surface area contributed by atoms with E-state index < -0.39 is 17.4 Å². The quantitative estimate of drug-likeness (QED) is 0.879. The monoisotopic (exact) mass is 278 g/mol. The molecule has 0 bridgehead atoms. The van der Waals surface area contributed by atoms with Crippen LogP contribution in [-0.4, -0.2) is 27.7 Å². The molecule has 0 spiro atoms. The first-order valence-electron chi connectivity index (χ1n) is 7.13. The molecule has 2 aliphatic carbocycles. The zero-order valence-electron chi connectivity index (χ0n) is 11.2. The van der Waals surface area contributed by atoms with Gasteiger partial charge in [-0.2, -0.15) is 0 Å². The average Bonchev–Trinajstić information content (AvgIpc) is 3.17. The Morgan fingerprint density at radius 1 is 1.30 bits per heavy atom. The molecule has 1 aromatic heterocycles. The lowest BCUT2D eigenvalue weighted by molar-refractivity contribution is -0.145. The minimum atomic E-state index is -1.15. The fraction of sp³-hybridized carbons (Fsp3) is 0.643. The number of aliphatic carboxylic acids is 1. The largest absolute Gasteiger partial charge is 0.480 e. The Kier molecular flexibility index (Phi) is 3.23. The van der Waals surface area contributed by atoms with Crippen LogP contribution in [-0.2, 0) is 4.79 Å². The van der Waals surface area contributed by atoms with Crippen LogP contribution in [0.1, 0.15) is 67.1 Å². The van der Waals surface area contributed by atoms with Gasteiger partial charge in [-0.1, -0.05) is 24.4 Å². The maximum Gasteiger partial charge on any atom is 0.329 e. The first-order chi connectivity index (χ1) is 9.61. The minimum Gasteiger partial charge on any atom is -0.480 e. The number of rotatable bonds is 4. The summed E-state index contributed by atoms with van der Waals surface area (Å²) in [6.45, 7) is 0. The molecule has 1 aromatic rings. The molecule has 0 saturated heterocycles. The van der Waals surface area contributed by atoms with Crippen molar-refractivity contribution in [3.63, 3.8) is 0 Å². The van der Waals surface area contributed by atoms with Crippen molar-refractivity contribution in [1.29, 1.82) is 0 Å². The van der Waals surface area contributed by atoms with Crippen LogP contribution in [0.25, 0.3) is 0 Å². The lowest BCUT2D eigenvalue weighted by Gasteiger charge is -2.33. The van der Waals surface area contributed by atoms with E-state index in [4.69, 9.17) is 4.52 Å². The summed E-state index contributed by atoms with van der Waals surface area (Å²) in [4.78, 5) is 23.7. The molecule has 1 amide bonds. The van der Waals surface area contributed by atoms with Crippen molar-refractivity contribution >= 4 is 11.9 Å². The van der Waals surface area contributed by atoms with Gasteiger partial charge in [0, 0.05) is 12.0 Å². The molecule has 20 heavy (non-hydrogen) atoms. The van der Waals surface area contributed by atoms with E-state index in [-0.39, 0.29) is 5.76 Å². The number of hydrogen-bond acceptors (Lipinski definition) is 4. The lowest BCUT2D eigenvalue weighted by atomic mass is 9.81. The van der Waals surface area contributed by atoms with Crippen LogP contribution in [0.15, 0.2) is 10.6 Å².